The number of piperidine rings is 3. The topological polar surface area (TPSA) is 222 Å². The van der Waals surface area contributed by atoms with E-state index in [-0.39, 0.29) is 100 Å². The van der Waals surface area contributed by atoms with Crippen LogP contribution in [0.4, 0.5) is 9.59 Å². The molecule has 6 aliphatic rings. The van der Waals surface area contributed by atoms with E-state index in [9.17, 15) is 28.8 Å². The summed E-state index contributed by atoms with van der Waals surface area (Å²) in [6.07, 6.45) is 12.2. The maximum Gasteiger partial charge on any atom is 0.314 e. The molecule has 4 unspecified atom stereocenters. The van der Waals surface area contributed by atoms with Crippen LogP contribution in [-0.4, -0.2) is 211 Å². The number of pyridine rings is 3. The summed E-state index contributed by atoms with van der Waals surface area (Å²) in [6, 6.07) is 35.2. The number of nitrogens with two attached hydrogens (primary N) is 2. The zero-order valence-electron chi connectivity index (χ0n) is 66.0. The molecule has 0 saturated carbocycles. The van der Waals surface area contributed by atoms with E-state index in [0.717, 1.165) is 134 Å². The Bertz CT molecular complexity index is 3830. The van der Waals surface area contributed by atoms with Crippen LogP contribution in [0.15, 0.2) is 137 Å². The largest absolute Gasteiger partial charge is 0.351 e. The summed E-state index contributed by atoms with van der Waals surface area (Å²) in [4.78, 5) is 108. The van der Waals surface area contributed by atoms with Crippen LogP contribution in [-0.2, 0) is 19.2 Å². The van der Waals surface area contributed by atoms with Gasteiger partial charge in [0.15, 0.2) is 0 Å². The molecule has 6 fully saturated rings. The molecule has 0 aliphatic carbocycles. The van der Waals surface area contributed by atoms with Gasteiger partial charge >= 0.3 is 12.1 Å². The van der Waals surface area contributed by atoms with Gasteiger partial charge in [-0.25, -0.2) is 9.59 Å². The number of halogens is 6. The van der Waals surface area contributed by atoms with Gasteiger partial charge in [-0.15, -0.1) is 0 Å². The summed E-state index contributed by atoms with van der Waals surface area (Å²) in [7, 11) is 0. The average Bonchev–Trinajstić information content (AvgIpc) is 0.786. The second-order valence-corrected chi connectivity index (χ2v) is 37.6. The van der Waals surface area contributed by atoms with Crippen LogP contribution in [0.25, 0.3) is 0 Å². The molecule has 3 aromatic heterocycles. The number of amides is 8. The first-order chi connectivity index (χ1) is 52.6. The minimum atomic E-state index is -0.377. The van der Waals surface area contributed by atoms with Crippen LogP contribution < -0.4 is 11.5 Å². The molecular formula is C85H112Br2Cl4N14O6. The number of rotatable bonds is 15. The van der Waals surface area contributed by atoms with Gasteiger partial charge in [-0.3, -0.25) is 48.8 Å². The highest BCUT2D eigenvalue weighted by molar-refractivity contribution is 9.10. The smallest absolute Gasteiger partial charge is 0.314 e. The monoisotopic (exact) mass is 1720 g/mol. The number of carbonyl (C=O) groups excluding carboxylic acids is 6. The minimum Gasteiger partial charge on any atom is -0.351 e. The Labute approximate surface area is 694 Å². The Hall–Kier alpha value is -6.47. The van der Waals surface area contributed by atoms with Crippen molar-refractivity contribution >= 4 is 114 Å². The van der Waals surface area contributed by atoms with Gasteiger partial charge in [-0.1, -0.05) is 145 Å². The fourth-order valence-corrected chi connectivity index (χ4v) is 17.8. The SMILES string of the molecule is CC(=O)N1CCC(CC(=O)N2CCN(C(c3ccc(Cl)cc3)c3ccc(Br)cn3)C[C@@H]2C(C)(C)C)CC1.CC(C)(C)C1CN(C(c2ccc(Cl)cc2)c2ccc(Br)cn2)CCN1C(=O)CC1CCN(C(N)=O)CC1.CC(C)(C)[C@H]1CN(C(c2ccc(Cl)c(Cl)c2)c2ccccn2)CCN1C(=O)CC1CCN(C(N)=O)CC1. The van der Waals surface area contributed by atoms with Crippen molar-refractivity contribution in [2.45, 2.75) is 163 Å². The molecular weight excluding hydrogens is 1610 g/mol. The second-order valence-electron chi connectivity index (χ2n) is 34.0. The lowest BCUT2D eigenvalue weighted by atomic mass is 9.82. The molecule has 3 aromatic carbocycles. The van der Waals surface area contributed by atoms with Crippen LogP contribution in [0.5, 0.6) is 0 Å². The lowest BCUT2D eigenvalue weighted by Crippen LogP contribution is -2.60. The highest BCUT2D eigenvalue weighted by Gasteiger charge is 2.45. The molecule has 600 valence electrons. The van der Waals surface area contributed by atoms with E-state index in [2.05, 4.69) is 165 Å². The molecule has 6 aliphatic heterocycles. The number of piperazine rings is 3. The van der Waals surface area contributed by atoms with Crippen LogP contribution >= 0.6 is 78.3 Å². The fraction of sp³-hybridized carbons (Fsp3) is 0.541. The van der Waals surface area contributed by atoms with E-state index in [4.69, 9.17) is 67.8 Å². The highest BCUT2D eigenvalue weighted by Crippen LogP contribution is 2.42. The van der Waals surface area contributed by atoms with E-state index in [0.29, 0.717) is 91.1 Å². The minimum absolute atomic E-state index is 0.0247. The second kappa shape index (κ2) is 38.8. The average molecular weight is 1730 g/mol. The van der Waals surface area contributed by atoms with Crippen LogP contribution in [0, 0.1) is 34.0 Å². The molecule has 0 spiro atoms. The predicted molar refractivity (Wildman–Crippen MR) is 449 cm³/mol. The van der Waals surface area contributed by atoms with Gasteiger partial charge in [-0.2, -0.15) is 0 Å². The van der Waals surface area contributed by atoms with Gasteiger partial charge in [0.05, 0.1) is 45.3 Å². The van der Waals surface area contributed by atoms with E-state index < -0.39 is 0 Å². The van der Waals surface area contributed by atoms with Crippen molar-refractivity contribution in [1.29, 1.82) is 0 Å². The molecule has 111 heavy (non-hydrogen) atoms. The predicted octanol–water partition coefficient (Wildman–Crippen LogP) is 16.3. The van der Waals surface area contributed by atoms with Crippen molar-refractivity contribution in [3.63, 3.8) is 0 Å². The summed E-state index contributed by atoms with van der Waals surface area (Å²) < 4.78 is 1.89. The van der Waals surface area contributed by atoms with Gasteiger partial charge in [0.2, 0.25) is 23.6 Å². The van der Waals surface area contributed by atoms with Crippen molar-refractivity contribution in [3.8, 4) is 0 Å². The number of nitrogens with zero attached hydrogens (tertiary/aromatic N) is 12. The lowest BCUT2D eigenvalue weighted by Gasteiger charge is -2.49. The summed E-state index contributed by atoms with van der Waals surface area (Å²) in [6.45, 7) is 32.0. The molecule has 0 bridgehead atoms. The van der Waals surface area contributed by atoms with Crippen LogP contribution in [0.2, 0.25) is 20.1 Å². The first-order valence-corrected chi connectivity index (χ1v) is 42.2. The Balaban J connectivity index is 0.000000177. The van der Waals surface area contributed by atoms with Crippen LogP contribution in [0.1, 0.15) is 179 Å². The number of hydrogen-bond donors (Lipinski definition) is 2. The Kier molecular flexibility index (Phi) is 30.4. The zero-order chi connectivity index (χ0) is 80.2. The molecule has 0 radical (unpaired) electrons. The Morgan fingerprint density at radius 3 is 1.05 bits per heavy atom. The molecule has 6 aromatic rings. The third-order valence-corrected chi connectivity index (χ3v) is 25.4. The summed E-state index contributed by atoms with van der Waals surface area (Å²) in [5, 5.41) is 2.46. The maximum atomic E-state index is 13.6. The molecule has 12 rings (SSSR count). The quantitative estimate of drug-likeness (QED) is 0.0980. The molecule has 20 nitrogen and oxygen atoms in total. The van der Waals surface area contributed by atoms with Gasteiger partial charge in [-0.05, 0) is 194 Å². The van der Waals surface area contributed by atoms with Crippen LogP contribution in [0.3, 0.4) is 0 Å². The van der Waals surface area contributed by atoms with Crippen molar-refractivity contribution in [2.75, 3.05) is 98.2 Å². The number of benzene rings is 3. The maximum absolute atomic E-state index is 13.6. The lowest BCUT2D eigenvalue weighted by molar-refractivity contribution is -0.142. The molecule has 6 atom stereocenters. The zero-order valence-corrected chi connectivity index (χ0v) is 72.2. The molecule has 4 N–H and O–H groups in total. The van der Waals surface area contributed by atoms with Gasteiger partial charge < -0.3 is 40.9 Å². The number of carbonyl (C=O) groups is 6. The molecule has 6 saturated heterocycles. The number of hydrogen-bond acceptors (Lipinski definition) is 12. The standard InChI is InChI=1S/C29H38BrClN4O2.C28H37BrClN5O2.C28H37Cl2N5O2/c1-20(36)33-13-11-21(12-14-33)17-27(37)35-16-15-34(19-26(35)29(2,3)4)28(22-5-8-24(31)9-6-22)25-10-7-23(30)18-32-25;1-28(2,3)24-18-34(14-15-35(24)25(36)16-19-10-12-33(13-11-19)27(31)37)26(20-4-7-22(30)8-5-20)23-9-6-21(29)17-32-23;1-28(2,3)24-18-34(14-15-35(24)25(36)16-19-9-12-33(13-10-19)27(31)37)26(23-6-4-5-11-32-23)20-7-8-21(29)22(30)17-20/h5-10,18,21,26,28H,11-17,19H2,1-4H3;4-9,17,19,24,26H,10-16,18H2,1-3H3,(H2,31,37);4-8,11,17,19,24,26H,9-10,12-16,18H2,1-3H3,(H2,31,37)/t26-,28?;;24-,26?/m1.1/s1. The number of likely N-dealkylation sites (tertiary alicyclic amines) is 3. The van der Waals surface area contributed by atoms with Gasteiger partial charge in [0.1, 0.15) is 0 Å². The molecule has 8 amide bonds. The van der Waals surface area contributed by atoms with E-state index in [1.807, 2.05) is 96.3 Å². The number of urea groups is 2. The summed E-state index contributed by atoms with van der Waals surface area (Å²) in [5.41, 5.74) is 16.8. The third-order valence-electron chi connectivity index (χ3n) is 23.3. The van der Waals surface area contributed by atoms with Crippen molar-refractivity contribution in [3.05, 3.63) is 191 Å². The van der Waals surface area contributed by atoms with E-state index in [1.54, 1.807) is 16.7 Å². The Morgan fingerprint density at radius 2 is 0.748 bits per heavy atom. The molecule has 26 heteroatoms. The van der Waals surface area contributed by atoms with Crippen molar-refractivity contribution < 1.29 is 28.8 Å². The van der Waals surface area contributed by atoms with Crippen molar-refractivity contribution in [1.82, 2.24) is 59.1 Å². The van der Waals surface area contributed by atoms with Crippen molar-refractivity contribution in [2.24, 2.45) is 45.5 Å². The third kappa shape index (κ3) is 23.4. The first-order valence-electron chi connectivity index (χ1n) is 39.1. The normalized spacial score (nSPS) is 20.6. The summed E-state index contributed by atoms with van der Waals surface area (Å²) in [5.74, 6) is 1.68. The highest BCUT2D eigenvalue weighted by atomic mass is 79.9. The Morgan fingerprint density at radius 1 is 0.414 bits per heavy atom. The first kappa shape index (κ1) is 86.9. The van der Waals surface area contributed by atoms with E-state index >= 15 is 0 Å². The molecule has 9 heterocycles. The summed E-state index contributed by atoms with van der Waals surface area (Å²) >= 11 is 32.1. The number of primary amides is 2. The van der Waals surface area contributed by atoms with E-state index in [1.165, 1.54) is 0 Å². The van der Waals surface area contributed by atoms with Gasteiger partial charge in [0.25, 0.3) is 0 Å². The van der Waals surface area contributed by atoms with Gasteiger partial charge in [0, 0.05) is 180 Å². The fourth-order valence-electron chi connectivity index (χ4n) is 16.8. The number of aromatic nitrogens is 3.